The standard InChI is InChI=1S/C18H16N2O8S2/c1-9-15(30(26,27)28)8-12-14(29(23,24)25)7-6-13(16(12)17(9)21)20-18(22)10-2-4-11(19)5-3-10/h2-8,21H,19H2,1H3,(H,20,22)(H,23,24,25)(H,26,27,28). The lowest BCUT2D eigenvalue weighted by Crippen LogP contribution is -2.13. The number of hydrogen-bond donors (Lipinski definition) is 5. The Hall–Kier alpha value is -3.19. The van der Waals surface area contributed by atoms with Crippen molar-refractivity contribution in [2.24, 2.45) is 0 Å². The number of phenolic OH excluding ortho intramolecular Hbond substituents is 1. The van der Waals surface area contributed by atoms with Gasteiger partial charge in [-0.05, 0) is 49.4 Å². The van der Waals surface area contributed by atoms with Crippen molar-refractivity contribution in [1.29, 1.82) is 0 Å². The molecule has 158 valence electrons. The minimum Gasteiger partial charge on any atom is -0.507 e. The molecule has 6 N–H and O–H groups in total. The van der Waals surface area contributed by atoms with Crippen molar-refractivity contribution >= 4 is 48.3 Å². The number of fused-ring (bicyclic) bond motifs is 1. The molecule has 0 radical (unpaired) electrons. The predicted octanol–water partition coefficient (Wildman–Crippen LogP) is 2.18. The van der Waals surface area contributed by atoms with Crippen LogP contribution in [0.25, 0.3) is 10.8 Å². The first-order valence-corrected chi connectivity index (χ1v) is 11.1. The first-order chi connectivity index (χ1) is 13.8. The molecule has 0 aromatic heterocycles. The Bertz CT molecular complexity index is 1400. The van der Waals surface area contributed by atoms with Crippen molar-refractivity contribution in [2.75, 3.05) is 11.1 Å². The quantitative estimate of drug-likeness (QED) is 0.292. The lowest BCUT2D eigenvalue weighted by Gasteiger charge is -2.16. The number of rotatable bonds is 4. The summed E-state index contributed by atoms with van der Waals surface area (Å²) in [5.41, 5.74) is 5.89. The van der Waals surface area contributed by atoms with Crippen LogP contribution < -0.4 is 11.1 Å². The van der Waals surface area contributed by atoms with E-state index >= 15 is 0 Å². The fraction of sp³-hybridized carbons (Fsp3) is 0.0556. The third-order valence-corrected chi connectivity index (χ3v) is 6.31. The first kappa shape index (κ1) is 21.5. The fourth-order valence-corrected chi connectivity index (χ4v) is 4.40. The zero-order valence-corrected chi connectivity index (χ0v) is 17.0. The van der Waals surface area contributed by atoms with E-state index in [0.29, 0.717) is 5.69 Å². The minimum atomic E-state index is -4.84. The summed E-state index contributed by atoms with van der Waals surface area (Å²) in [5, 5.41) is 12.4. The van der Waals surface area contributed by atoms with Gasteiger partial charge in [0.2, 0.25) is 0 Å². The van der Waals surface area contributed by atoms with Gasteiger partial charge in [0.15, 0.2) is 0 Å². The smallest absolute Gasteiger partial charge is 0.295 e. The molecule has 0 spiro atoms. The molecule has 0 saturated carbocycles. The molecule has 0 bridgehead atoms. The summed E-state index contributed by atoms with van der Waals surface area (Å²) in [6.07, 6.45) is 0. The maximum absolute atomic E-state index is 12.5. The van der Waals surface area contributed by atoms with Crippen LogP contribution in [0.5, 0.6) is 5.75 Å². The van der Waals surface area contributed by atoms with Crippen LogP contribution in [-0.4, -0.2) is 37.0 Å². The topological polar surface area (TPSA) is 184 Å². The third kappa shape index (κ3) is 3.93. The number of benzene rings is 3. The number of phenols is 1. The van der Waals surface area contributed by atoms with Gasteiger partial charge in [0, 0.05) is 27.6 Å². The maximum Gasteiger partial charge on any atom is 0.295 e. The summed E-state index contributed by atoms with van der Waals surface area (Å²) in [5.74, 6) is -1.31. The van der Waals surface area contributed by atoms with Crippen LogP contribution in [0.3, 0.4) is 0 Å². The van der Waals surface area contributed by atoms with Crippen molar-refractivity contribution in [3.63, 3.8) is 0 Å². The monoisotopic (exact) mass is 452 g/mol. The zero-order chi connectivity index (χ0) is 22.4. The molecule has 1 amide bonds. The Balaban J connectivity index is 2.30. The van der Waals surface area contributed by atoms with Crippen LogP contribution in [0.2, 0.25) is 0 Å². The molecule has 0 unspecified atom stereocenters. The molecule has 3 aromatic carbocycles. The van der Waals surface area contributed by atoms with Gasteiger partial charge in [0.25, 0.3) is 26.1 Å². The van der Waals surface area contributed by atoms with Gasteiger partial charge in [-0.3, -0.25) is 13.9 Å². The molecular weight excluding hydrogens is 436 g/mol. The number of nitrogen functional groups attached to an aromatic ring is 1. The van der Waals surface area contributed by atoms with E-state index in [4.69, 9.17) is 5.73 Å². The first-order valence-electron chi connectivity index (χ1n) is 8.22. The average molecular weight is 452 g/mol. The van der Waals surface area contributed by atoms with E-state index in [-0.39, 0.29) is 22.2 Å². The number of nitrogens with two attached hydrogens (primary N) is 1. The van der Waals surface area contributed by atoms with Gasteiger partial charge >= 0.3 is 0 Å². The zero-order valence-electron chi connectivity index (χ0n) is 15.3. The molecule has 0 aliphatic heterocycles. The van der Waals surface area contributed by atoms with Gasteiger partial charge in [0.05, 0.1) is 5.69 Å². The van der Waals surface area contributed by atoms with Gasteiger partial charge < -0.3 is 16.2 Å². The number of carbonyl (C=O) groups excluding carboxylic acids is 1. The number of aromatic hydroxyl groups is 1. The van der Waals surface area contributed by atoms with Crippen molar-refractivity contribution in [3.05, 3.63) is 53.6 Å². The van der Waals surface area contributed by atoms with Crippen LogP contribution >= 0.6 is 0 Å². The largest absolute Gasteiger partial charge is 0.507 e. The van der Waals surface area contributed by atoms with Gasteiger partial charge in [-0.1, -0.05) is 0 Å². The van der Waals surface area contributed by atoms with E-state index < -0.39 is 47.1 Å². The van der Waals surface area contributed by atoms with E-state index in [9.17, 15) is 35.8 Å². The summed E-state index contributed by atoms with van der Waals surface area (Å²) in [4.78, 5) is 11.1. The molecule has 12 heteroatoms. The Morgan fingerprint density at radius 2 is 1.50 bits per heavy atom. The molecule has 0 heterocycles. The number of hydrogen-bond acceptors (Lipinski definition) is 7. The van der Waals surface area contributed by atoms with Crippen molar-refractivity contribution in [2.45, 2.75) is 16.7 Å². The highest BCUT2D eigenvalue weighted by molar-refractivity contribution is 7.86. The highest BCUT2D eigenvalue weighted by atomic mass is 32.2. The second-order valence-corrected chi connectivity index (χ2v) is 9.19. The number of carbonyl (C=O) groups is 1. The van der Waals surface area contributed by atoms with Crippen LogP contribution in [-0.2, 0) is 20.2 Å². The number of amides is 1. The van der Waals surface area contributed by atoms with E-state index in [1.165, 1.54) is 31.2 Å². The molecule has 30 heavy (non-hydrogen) atoms. The van der Waals surface area contributed by atoms with E-state index in [1.807, 2.05) is 0 Å². The molecule has 10 nitrogen and oxygen atoms in total. The molecule has 3 aromatic rings. The number of nitrogens with one attached hydrogen (secondary N) is 1. The van der Waals surface area contributed by atoms with Crippen LogP contribution in [0, 0.1) is 6.92 Å². The molecule has 0 aliphatic carbocycles. The Kier molecular flexibility index (Phi) is 5.20. The molecular formula is C18H16N2O8S2. The highest BCUT2D eigenvalue weighted by Crippen LogP contribution is 2.41. The fourth-order valence-electron chi connectivity index (χ4n) is 2.97. The SMILES string of the molecule is Cc1c(S(=O)(=O)O)cc2c(S(=O)(=O)O)ccc(NC(=O)c3ccc(N)cc3)c2c1O. The van der Waals surface area contributed by atoms with Crippen molar-refractivity contribution in [1.82, 2.24) is 0 Å². The Labute approximate surface area is 171 Å². The molecule has 0 saturated heterocycles. The lowest BCUT2D eigenvalue weighted by molar-refractivity contribution is 0.102. The van der Waals surface area contributed by atoms with Crippen molar-refractivity contribution in [3.8, 4) is 5.75 Å². The molecule has 3 rings (SSSR count). The summed E-state index contributed by atoms with van der Waals surface area (Å²) in [7, 11) is -9.67. The van der Waals surface area contributed by atoms with Crippen molar-refractivity contribution < 1.29 is 35.8 Å². The average Bonchev–Trinajstić information content (AvgIpc) is 2.63. The second kappa shape index (κ2) is 7.25. The van der Waals surface area contributed by atoms with Gasteiger partial charge in [-0.25, -0.2) is 0 Å². The highest BCUT2D eigenvalue weighted by Gasteiger charge is 2.25. The lowest BCUT2D eigenvalue weighted by atomic mass is 10.0. The maximum atomic E-state index is 12.5. The molecule has 0 fully saturated rings. The van der Waals surface area contributed by atoms with Gasteiger partial charge in [-0.15, -0.1) is 0 Å². The van der Waals surface area contributed by atoms with Crippen LogP contribution in [0.15, 0.2) is 52.3 Å². The Morgan fingerprint density at radius 3 is 2.03 bits per heavy atom. The normalized spacial score (nSPS) is 12.1. The predicted molar refractivity (Wildman–Crippen MR) is 109 cm³/mol. The Morgan fingerprint density at radius 1 is 0.933 bits per heavy atom. The van der Waals surface area contributed by atoms with Gasteiger partial charge in [0.1, 0.15) is 15.5 Å². The summed E-state index contributed by atoms with van der Waals surface area (Å²) < 4.78 is 65.7. The van der Waals surface area contributed by atoms with E-state index in [1.54, 1.807) is 0 Å². The summed E-state index contributed by atoms with van der Waals surface area (Å²) >= 11 is 0. The minimum absolute atomic E-state index is 0.0540. The second-order valence-electron chi connectivity index (χ2n) is 6.41. The molecule has 0 atom stereocenters. The molecule has 0 aliphatic rings. The summed E-state index contributed by atoms with van der Waals surface area (Å²) in [6, 6.07) is 8.73. The number of anilines is 2. The van der Waals surface area contributed by atoms with Crippen LogP contribution in [0.4, 0.5) is 11.4 Å². The van der Waals surface area contributed by atoms with E-state index in [2.05, 4.69) is 5.32 Å². The third-order valence-electron chi connectivity index (χ3n) is 4.42. The summed E-state index contributed by atoms with van der Waals surface area (Å²) in [6.45, 7) is 1.18. The van der Waals surface area contributed by atoms with Crippen LogP contribution in [0.1, 0.15) is 15.9 Å². The van der Waals surface area contributed by atoms with Gasteiger partial charge in [-0.2, -0.15) is 16.8 Å². The van der Waals surface area contributed by atoms with E-state index in [0.717, 1.165) is 18.2 Å².